The summed E-state index contributed by atoms with van der Waals surface area (Å²) in [6.07, 6.45) is -4.26. The zero-order valence-corrected chi connectivity index (χ0v) is 14.6. The zero-order valence-electron chi connectivity index (χ0n) is 12.2. The number of anilines is 1. The van der Waals surface area contributed by atoms with Crippen LogP contribution in [0.4, 0.5) is 23.7 Å². The molecule has 2 N–H and O–H groups in total. The highest BCUT2D eigenvalue weighted by atomic mass is 79.9. The van der Waals surface area contributed by atoms with Crippen LogP contribution in [0.25, 0.3) is 0 Å². The Morgan fingerprint density at radius 3 is 2.62 bits per heavy atom. The first kappa shape index (κ1) is 20.3. The number of hydrogen-bond donors (Lipinski definition) is 2. The Balaban J connectivity index is 2.78. The molecule has 13 heteroatoms. The molecular weight excluding hydrogens is 423 g/mol. The van der Waals surface area contributed by atoms with Crippen LogP contribution in [-0.2, 0) is 10.0 Å². The van der Waals surface area contributed by atoms with Crippen molar-refractivity contribution >= 4 is 37.7 Å². The monoisotopic (exact) mass is 435 g/mol. The van der Waals surface area contributed by atoms with Gasteiger partial charge in [-0.15, -0.1) is 0 Å². The number of nitrogens with zero attached hydrogens (tertiary/aromatic N) is 2. The number of ether oxygens (including phenoxy) is 1. The molecule has 0 saturated carbocycles. The van der Waals surface area contributed by atoms with Crippen LogP contribution >= 0.6 is 15.9 Å². The van der Waals surface area contributed by atoms with E-state index in [4.69, 9.17) is 9.84 Å². The number of sulfonamides is 1. The Morgan fingerprint density at radius 2 is 2.12 bits per heavy atom. The van der Waals surface area contributed by atoms with Gasteiger partial charge in [-0.3, -0.25) is 9.62 Å². The minimum atomic E-state index is -4.68. The summed E-state index contributed by atoms with van der Waals surface area (Å²) in [7, 11) is -3.64. The molecule has 0 aliphatic heterocycles. The lowest BCUT2D eigenvalue weighted by Gasteiger charge is -2.21. The average Bonchev–Trinajstić information content (AvgIpc) is 2.36. The number of pyridine rings is 1. The molecule has 0 fully saturated rings. The van der Waals surface area contributed by atoms with Gasteiger partial charge in [0.05, 0.1) is 12.8 Å². The first-order valence-corrected chi connectivity index (χ1v) is 8.86. The third-order valence-electron chi connectivity index (χ3n) is 2.35. The summed E-state index contributed by atoms with van der Waals surface area (Å²) < 4.78 is 67.0. The second-order valence-corrected chi connectivity index (χ2v) is 7.21. The molecule has 0 aliphatic carbocycles. The predicted molar refractivity (Wildman–Crippen MR) is 81.6 cm³/mol. The second kappa shape index (κ2) is 7.88. The van der Waals surface area contributed by atoms with Gasteiger partial charge in [-0.05, 0) is 22.0 Å². The van der Waals surface area contributed by atoms with Gasteiger partial charge in [0.15, 0.2) is 0 Å². The summed E-state index contributed by atoms with van der Waals surface area (Å²) in [5.41, 5.74) is -0.0374. The van der Waals surface area contributed by atoms with Gasteiger partial charge < -0.3 is 9.84 Å². The van der Waals surface area contributed by atoms with Gasteiger partial charge in [0.25, 0.3) is 0 Å². The molecule has 0 bridgehead atoms. The van der Waals surface area contributed by atoms with E-state index in [2.05, 4.69) is 25.6 Å². The second-order valence-electron chi connectivity index (χ2n) is 4.55. The lowest BCUT2D eigenvalue weighted by atomic mass is 10.4. The van der Waals surface area contributed by atoms with E-state index in [-0.39, 0.29) is 16.5 Å². The molecule has 0 aliphatic rings. The molecule has 0 saturated heterocycles. The number of halogens is 4. The minimum absolute atomic E-state index is 0.0374. The Kier molecular flexibility index (Phi) is 6.66. The van der Waals surface area contributed by atoms with Gasteiger partial charge in [-0.25, -0.2) is 18.2 Å². The van der Waals surface area contributed by atoms with E-state index in [1.807, 2.05) is 0 Å². The van der Waals surface area contributed by atoms with Crippen LogP contribution in [0, 0.1) is 0 Å². The highest BCUT2D eigenvalue weighted by Gasteiger charge is 2.33. The van der Waals surface area contributed by atoms with Gasteiger partial charge in [0.1, 0.15) is 18.8 Å². The van der Waals surface area contributed by atoms with Crippen LogP contribution in [0.2, 0.25) is 0 Å². The van der Waals surface area contributed by atoms with Crippen molar-refractivity contribution in [2.45, 2.75) is 6.18 Å². The van der Waals surface area contributed by atoms with E-state index >= 15 is 0 Å². The molecule has 136 valence electrons. The maximum absolute atomic E-state index is 12.3. The van der Waals surface area contributed by atoms with Crippen LogP contribution in [0.1, 0.15) is 0 Å². The summed E-state index contributed by atoms with van der Waals surface area (Å²) >= 11 is 3.08. The zero-order chi connectivity index (χ0) is 18.5. The van der Waals surface area contributed by atoms with E-state index in [1.165, 1.54) is 12.3 Å². The fraction of sp³-hybridized carbons (Fsp3) is 0.455. The first-order chi connectivity index (χ1) is 10.9. The largest absolute Gasteiger partial charge is 0.474 e. The molecule has 8 nitrogen and oxygen atoms in total. The number of rotatable bonds is 7. The van der Waals surface area contributed by atoms with Crippen molar-refractivity contribution in [3.63, 3.8) is 0 Å². The quantitative estimate of drug-likeness (QED) is 0.678. The molecule has 1 rings (SSSR count). The van der Waals surface area contributed by atoms with E-state index in [0.717, 1.165) is 6.26 Å². The number of hydrogen-bond acceptors (Lipinski definition) is 5. The van der Waals surface area contributed by atoms with Crippen LogP contribution in [0.3, 0.4) is 0 Å². The molecule has 0 unspecified atom stereocenters. The number of amides is 1. The Hall–Kier alpha value is -1.76. The molecule has 1 aromatic rings. The first-order valence-electron chi connectivity index (χ1n) is 6.18. The maximum atomic E-state index is 12.3. The summed E-state index contributed by atoms with van der Waals surface area (Å²) in [5, 5.41) is 8.73. The molecule has 0 atom stereocenters. The standard InChI is InChI=1S/C11H13BrF3N3O5S/c1-24(21,22)17-8-4-7(12)5-16-9(8)23-3-2-18(10(19)20)6-11(13,14)15/h4-5,17H,2-3,6H2,1H3,(H,19,20). The summed E-state index contributed by atoms with van der Waals surface area (Å²) in [4.78, 5) is 14.7. The fourth-order valence-electron chi connectivity index (χ4n) is 1.53. The number of alkyl halides is 3. The molecule has 1 amide bonds. The van der Waals surface area contributed by atoms with Crippen molar-refractivity contribution in [1.82, 2.24) is 9.88 Å². The Labute approximate surface area is 143 Å². The van der Waals surface area contributed by atoms with Crippen LogP contribution in [0.15, 0.2) is 16.7 Å². The molecular formula is C11H13BrF3N3O5S. The SMILES string of the molecule is CS(=O)(=O)Nc1cc(Br)cnc1OCCN(CC(F)(F)F)C(=O)O. The lowest BCUT2D eigenvalue weighted by Crippen LogP contribution is -2.40. The molecule has 1 heterocycles. The Bertz CT molecular complexity index is 699. The number of aromatic nitrogens is 1. The minimum Gasteiger partial charge on any atom is -0.474 e. The highest BCUT2D eigenvalue weighted by Crippen LogP contribution is 2.26. The van der Waals surface area contributed by atoms with Crippen LogP contribution < -0.4 is 9.46 Å². The van der Waals surface area contributed by atoms with Gasteiger partial charge in [0.2, 0.25) is 15.9 Å². The number of nitrogens with one attached hydrogen (secondary N) is 1. The van der Waals surface area contributed by atoms with Crippen molar-refractivity contribution in [3.8, 4) is 5.88 Å². The maximum Gasteiger partial charge on any atom is 0.407 e. The molecule has 0 aromatic carbocycles. The van der Waals surface area contributed by atoms with Crippen molar-refractivity contribution in [2.24, 2.45) is 0 Å². The van der Waals surface area contributed by atoms with E-state index < -0.39 is 42.0 Å². The van der Waals surface area contributed by atoms with Crippen molar-refractivity contribution in [1.29, 1.82) is 0 Å². The topological polar surface area (TPSA) is 109 Å². The average molecular weight is 436 g/mol. The van der Waals surface area contributed by atoms with Gasteiger partial charge in [-0.2, -0.15) is 13.2 Å². The lowest BCUT2D eigenvalue weighted by molar-refractivity contribution is -0.142. The van der Waals surface area contributed by atoms with Gasteiger partial charge in [-0.1, -0.05) is 0 Å². The molecule has 0 spiro atoms. The number of carboxylic acid groups (broad SMARTS) is 1. The van der Waals surface area contributed by atoms with Gasteiger partial charge >= 0.3 is 12.3 Å². The van der Waals surface area contributed by atoms with Crippen LogP contribution in [-0.4, -0.2) is 61.6 Å². The van der Waals surface area contributed by atoms with Crippen molar-refractivity contribution in [3.05, 3.63) is 16.7 Å². The summed E-state index contributed by atoms with van der Waals surface area (Å²) in [5.74, 6) is -0.194. The summed E-state index contributed by atoms with van der Waals surface area (Å²) in [6.45, 7) is -2.67. The summed E-state index contributed by atoms with van der Waals surface area (Å²) in [6, 6.07) is 1.34. The molecule has 1 aromatic heterocycles. The predicted octanol–water partition coefficient (Wildman–Crippen LogP) is 2.14. The van der Waals surface area contributed by atoms with Crippen LogP contribution in [0.5, 0.6) is 5.88 Å². The molecule has 0 radical (unpaired) electrons. The number of carbonyl (C=O) groups is 1. The normalized spacial score (nSPS) is 11.9. The van der Waals surface area contributed by atoms with E-state index in [9.17, 15) is 26.4 Å². The third kappa shape index (κ3) is 7.68. The Morgan fingerprint density at radius 1 is 1.50 bits per heavy atom. The highest BCUT2D eigenvalue weighted by molar-refractivity contribution is 9.10. The van der Waals surface area contributed by atoms with E-state index in [1.54, 1.807) is 0 Å². The van der Waals surface area contributed by atoms with Crippen molar-refractivity contribution < 1.29 is 36.2 Å². The van der Waals surface area contributed by atoms with Crippen molar-refractivity contribution in [2.75, 3.05) is 30.7 Å². The molecule has 24 heavy (non-hydrogen) atoms. The fourth-order valence-corrected chi connectivity index (χ4v) is 2.40. The smallest absolute Gasteiger partial charge is 0.407 e. The third-order valence-corrected chi connectivity index (χ3v) is 3.38. The van der Waals surface area contributed by atoms with Gasteiger partial charge in [0, 0.05) is 10.7 Å². The van der Waals surface area contributed by atoms with E-state index in [0.29, 0.717) is 4.47 Å².